The zero-order valence-electron chi connectivity index (χ0n) is 18.0. The molecule has 0 unspecified atom stereocenters. The van der Waals surface area contributed by atoms with Crippen molar-refractivity contribution >= 4 is 32.9 Å². The fourth-order valence-corrected chi connectivity index (χ4v) is 11.3. The molecule has 0 fully saturated rings. The molecule has 0 atom stereocenters. The first-order valence-corrected chi connectivity index (χ1v) is 14.2. The summed E-state index contributed by atoms with van der Waals surface area (Å²) in [6.45, 7) is -1.95. The van der Waals surface area contributed by atoms with Crippen molar-refractivity contribution < 1.29 is 17.1 Å². The molecule has 4 aromatic carbocycles. The second kappa shape index (κ2) is 8.51. The van der Waals surface area contributed by atoms with Crippen molar-refractivity contribution in [3.05, 3.63) is 115 Å². The van der Waals surface area contributed by atoms with Gasteiger partial charge in [0.1, 0.15) is 0 Å². The molecule has 0 bridgehead atoms. The Kier molecular flexibility index (Phi) is 5.91. The molecule has 6 heteroatoms. The number of methoxy groups -OCH3 is 1. The first kappa shape index (κ1) is 22.2. The molecule has 32 heavy (non-hydrogen) atoms. The predicted octanol–water partition coefficient (Wildman–Crippen LogP) is 4.48. The van der Waals surface area contributed by atoms with Crippen LogP contribution in [0.2, 0.25) is 0 Å². The van der Waals surface area contributed by atoms with Crippen LogP contribution in [-0.4, -0.2) is 22.2 Å². The molecule has 0 aliphatic carbocycles. The summed E-state index contributed by atoms with van der Waals surface area (Å²) in [5.41, 5.74) is 0. The van der Waals surface area contributed by atoms with Gasteiger partial charge in [-0.3, -0.25) is 0 Å². The standard InChI is InChI=1S/C26H25O4PS/c1-29-22-18-20-26(21-19-22)32(27,28)30-31(2,23-12-6-3-7-13-23,24-14-8-4-9-15-24)25-16-10-5-11-17-25/h3-21H,1-2H3. The Morgan fingerprint density at radius 3 is 1.31 bits per heavy atom. The van der Waals surface area contributed by atoms with Crippen LogP contribution in [0.5, 0.6) is 5.75 Å². The van der Waals surface area contributed by atoms with Gasteiger partial charge in [0, 0.05) is 0 Å². The average Bonchev–Trinajstić information content (AvgIpc) is 2.85. The molecule has 0 aromatic heterocycles. The third-order valence-electron chi connectivity index (χ3n) is 5.77. The van der Waals surface area contributed by atoms with E-state index in [9.17, 15) is 8.42 Å². The van der Waals surface area contributed by atoms with E-state index in [1.54, 1.807) is 19.2 Å². The SMILES string of the molecule is COc1ccc(S(=O)(=O)OP(C)(c2ccccc2)(c2ccccc2)c2ccccc2)cc1. The van der Waals surface area contributed by atoms with Crippen LogP contribution in [-0.2, 0) is 14.1 Å². The van der Waals surface area contributed by atoms with E-state index in [1.165, 1.54) is 12.1 Å². The third kappa shape index (κ3) is 3.73. The summed E-state index contributed by atoms with van der Waals surface area (Å²) >= 11 is 0. The van der Waals surface area contributed by atoms with Gasteiger partial charge in [0.25, 0.3) is 0 Å². The summed E-state index contributed by atoms with van der Waals surface area (Å²) in [5.74, 6) is 0.576. The van der Waals surface area contributed by atoms with Crippen molar-refractivity contribution in [3.8, 4) is 5.75 Å². The molecule has 0 amide bonds. The molecule has 4 aromatic rings. The van der Waals surface area contributed by atoms with Gasteiger partial charge >= 0.3 is 190 Å². The molecule has 0 saturated carbocycles. The fraction of sp³-hybridized carbons (Fsp3) is 0.0769. The van der Waals surface area contributed by atoms with Crippen molar-refractivity contribution in [2.45, 2.75) is 4.90 Å². The molecule has 4 nitrogen and oxygen atoms in total. The monoisotopic (exact) mass is 464 g/mol. The van der Waals surface area contributed by atoms with Crippen LogP contribution in [0.4, 0.5) is 0 Å². The Labute approximate surface area is 189 Å². The van der Waals surface area contributed by atoms with Crippen LogP contribution in [0.25, 0.3) is 0 Å². The molecular formula is C26H25O4PS. The van der Waals surface area contributed by atoms with Crippen LogP contribution in [0.1, 0.15) is 0 Å². The van der Waals surface area contributed by atoms with Crippen molar-refractivity contribution in [3.63, 3.8) is 0 Å². The zero-order valence-corrected chi connectivity index (χ0v) is 19.7. The van der Waals surface area contributed by atoms with Crippen LogP contribution < -0.4 is 20.7 Å². The van der Waals surface area contributed by atoms with Gasteiger partial charge in [0.15, 0.2) is 0 Å². The summed E-state index contributed by atoms with van der Waals surface area (Å²) in [5, 5.41) is 2.48. The van der Waals surface area contributed by atoms with E-state index in [2.05, 4.69) is 0 Å². The van der Waals surface area contributed by atoms with E-state index >= 15 is 0 Å². The Morgan fingerprint density at radius 1 is 0.594 bits per heavy atom. The Balaban J connectivity index is 2.03. The number of rotatable bonds is 7. The molecular weight excluding hydrogens is 439 g/mol. The van der Waals surface area contributed by atoms with Crippen LogP contribution in [0, 0.1) is 0 Å². The summed E-state index contributed by atoms with van der Waals surface area (Å²) in [4.78, 5) is 0.0805. The van der Waals surface area contributed by atoms with Gasteiger partial charge in [-0.2, -0.15) is 0 Å². The van der Waals surface area contributed by atoms with Crippen molar-refractivity contribution in [2.24, 2.45) is 0 Å². The third-order valence-corrected chi connectivity index (χ3v) is 13.5. The van der Waals surface area contributed by atoms with Crippen LogP contribution in [0.3, 0.4) is 0 Å². The van der Waals surface area contributed by atoms with E-state index in [1.807, 2.05) is 97.7 Å². The number of hydrogen-bond acceptors (Lipinski definition) is 4. The second-order valence-corrected chi connectivity index (χ2v) is 14.1. The number of hydrogen-bond donors (Lipinski definition) is 0. The van der Waals surface area contributed by atoms with Crippen LogP contribution in [0.15, 0.2) is 120 Å². The maximum atomic E-state index is 13.7. The molecule has 4 rings (SSSR count). The van der Waals surface area contributed by atoms with E-state index in [-0.39, 0.29) is 4.90 Å². The molecule has 164 valence electrons. The molecule has 0 aliphatic rings. The van der Waals surface area contributed by atoms with E-state index in [0.717, 1.165) is 15.9 Å². The molecule has 0 heterocycles. The summed E-state index contributed by atoms with van der Waals surface area (Å²) in [7, 11) is -2.60. The zero-order chi connectivity index (χ0) is 22.7. The molecule has 0 N–H and O–H groups in total. The van der Waals surface area contributed by atoms with Crippen molar-refractivity contribution in [1.82, 2.24) is 0 Å². The van der Waals surface area contributed by atoms with Crippen molar-refractivity contribution in [2.75, 3.05) is 13.8 Å². The summed E-state index contributed by atoms with van der Waals surface area (Å²) < 4.78 is 39.2. The van der Waals surface area contributed by atoms with Crippen molar-refractivity contribution in [1.29, 1.82) is 0 Å². The van der Waals surface area contributed by atoms with Gasteiger partial charge in [-0.25, -0.2) is 0 Å². The average molecular weight is 465 g/mol. The van der Waals surface area contributed by atoms with Crippen LogP contribution >= 0.6 is 6.83 Å². The Hall–Kier alpha value is -2.98. The topological polar surface area (TPSA) is 52.6 Å². The number of ether oxygens (including phenoxy) is 1. The molecule has 0 saturated heterocycles. The molecule has 0 radical (unpaired) electrons. The second-order valence-electron chi connectivity index (χ2n) is 7.67. The quantitative estimate of drug-likeness (QED) is 0.379. The molecule has 0 spiro atoms. The van der Waals surface area contributed by atoms with Gasteiger partial charge in [-0.05, 0) is 0 Å². The van der Waals surface area contributed by atoms with E-state index in [0.29, 0.717) is 5.75 Å². The van der Waals surface area contributed by atoms with E-state index < -0.39 is 16.9 Å². The first-order valence-electron chi connectivity index (χ1n) is 10.2. The summed E-state index contributed by atoms with van der Waals surface area (Å²) in [6, 6.07) is 35.2. The van der Waals surface area contributed by atoms with Gasteiger partial charge < -0.3 is 0 Å². The predicted molar refractivity (Wildman–Crippen MR) is 132 cm³/mol. The Bertz CT molecular complexity index is 1190. The van der Waals surface area contributed by atoms with Gasteiger partial charge in [0.2, 0.25) is 0 Å². The number of benzene rings is 4. The van der Waals surface area contributed by atoms with Gasteiger partial charge in [-0.15, -0.1) is 0 Å². The minimum atomic E-state index is -4.14. The maximum absolute atomic E-state index is 13.7. The first-order chi connectivity index (χ1) is 15.4. The normalized spacial score (nSPS) is 13.1. The summed E-state index contributed by atoms with van der Waals surface area (Å²) in [6.07, 6.45) is 0. The van der Waals surface area contributed by atoms with Gasteiger partial charge in [-0.1, -0.05) is 0 Å². The fourth-order valence-electron chi connectivity index (χ4n) is 3.97. The van der Waals surface area contributed by atoms with E-state index in [4.69, 9.17) is 8.71 Å². The van der Waals surface area contributed by atoms with Gasteiger partial charge in [0.05, 0.1) is 0 Å². The Morgan fingerprint density at radius 2 is 0.969 bits per heavy atom. The minimum absolute atomic E-state index is 0.0805. The molecule has 0 aliphatic heterocycles.